The van der Waals surface area contributed by atoms with E-state index >= 15 is 0 Å². The maximum Gasteiger partial charge on any atom is 0.423 e. The summed E-state index contributed by atoms with van der Waals surface area (Å²) >= 11 is 0. The number of aromatic nitrogens is 3. The fourth-order valence-corrected chi connectivity index (χ4v) is 4.25. The third kappa shape index (κ3) is 5.29. The molecule has 37 heavy (non-hydrogen) atoms. The van der Waals surface area contributed by atoms with E-state index in [1.807, 2.05) is 4.90 Å². The summed E-state index contributed by atoms with van der Waals surface area (Å²) in [7, 11) is 0. The van der Waals surface area contributed by atoms with Crippen LogP contribution in [0.3, 0.4) is 0 Å². The SMILES string of the molecule is Cc1cc2nc(NC(=O)c3ccc([C@@](O)(CO)C(F)(F)F)cc3)cc(N3CCC(NC(N)=O)CC3)n2n1. The van der Waals surface area contributed by atoms with Crippen molar-refractivity contribution in [1.29, 1.82) is 0 Å². The summed E-state index contributed by atoms with van der Waals surface area (Å²) < 4.78 is 41.3. The average Bonchev–Trinajstić information content (AvgIpc) is 3.22. The highest BCUT2D eigenvalue weighted by atomic mass is 19.4. The number of carbonyl (C=O) groups excluding carboxylic acids is 2. The number of halogens is 3. The van der Waals surface area contributed by atoms with Gasteiger partial charge in [-0.05, 0) is 37.5 Å². The first kappa shape index (κ1) is 26.2. The molecule has 6 N–H and O–H groups in total. The number of nitrogens with two attached hydrogens (primary N) is 1. The van der Waals surface area contributed by atoms with E-state index in [0.29, 0.717) is 43.1 Å². The molecule has 3 heterocycles. The van der Waals surface area contributed by atoms with E-state index < -0.39 is 35.9 Å². The fraction of sp³-hybridized carbons (Fsp3) is 0.391. The number of urea groups is 1. The molecule has 1 atom stereocenters. The van der Waals surface area contributed by atoms with Crippen molar-refractivity contribution in [1.82, 2.24) is 19.9 Å². The van der Waals surface area contributed by atoms with E-state index in [-0.39, 0.29) is 17.4 Å². The molecule has 1 aliphatic heterocycles. The Morgan fingerprint density at radius 2 is 1.81 bits per heavy atom. The van der Waals surface area contributed by atoms with E-state index in [2.05, 4.69) is 20.7 Å². The lowest BCUT2D eigenvalue weighted by Crippen LogP contribution is -2.46. The number of nitrogens with one attached hydrogen (secondary N) is 2. The number of rotatable bonds is 6. The van der Waals surface area contributed by atoms with E-state index in [0.717, 1.165) is 24.3 Å². The Hall–Kier alpha value is -3.91. The van der Waals surface area contributed by atoms with Crippen LogP contribution in [0.1, 0.15) is 34.5 Å². The summed E-state index contributed by atoms with van der Waals surface area (Å²) in [6.45, 7) is 1.42. The van der Waals surface area contributed by atoms with Crippen molar-refractivity contribution in [2.24, 2.45) is 5.73 Å². The monoisotopic (exact) mass is 521 g/mol. The highest BCUT2D eigenvalue weighted by Gasteiger charge is 2.54. The number of aryl methyl sites for hydroxylation is 1. The summed E-state index contributed by atoms with van der Waals surface area (Å²) in [5.74, 6) is 0.241. The van der Waals surface area contributed by atoms with Crippen molar-refractivity contribution < 1.29 is 33.0 Å². The van der Waals surface area contributed by atoms with Gasteiger partial charge in [0.2, 0.25) is 5.60 Å². The van der Waals surface area contributed by atoms with Gasteiger partial charge in [0.1, 0.15) is 11.6 Å². The van der Waals surface area contributed by atoms with Crippen LogP contribution in [0.5, 0.6) is 0 Å². The summed E-state index contributed by atoms with van der Waals surface area (Å²) in [5.41, 5.74) is 2.40. The van der Waals surface area contributed by atoms with Crippen molar-refractivity contribution in [3.63, 3.8) is 0 Å². The van der Waals surface area contributed by atoms with E-state index in [9.17, 15) is 27.9 Å². The van der Waals surface area contributed by atoms with Crippen molar-refractivity contribution in [3.05, 3.63) is 53.2 Å². The Balaban J connectivity index is 1.56. The van der Waals surface area contributed by atoms with Crippen LogP contribution in [0.2, 0.25) is 0 Å². The average molecular weight is 522 g/mol. The van der Waals surface area contributed by atoms with Gasteiger partial charge in [0, 0.05) is 36.8 Å². The Morgan fingerprint density at radius 1 is 1.16 bits per heavy atom. The number of hydrogen-bond acceptors (Lipinski definition) is 7. The number of primary amides is 1. The summed E-state index contributed by atoms with van der Waals surface area (Å²) in [6.07, 6.45) is -3.80. The van der Waals surface area contributed by atoms with Crippen molar-refractivity contribution in [2.45, 2.75) is 37.6 Å². The molecule has 198 valence electrons. The van der Waals surface area contributed by atoms with Gasteiger partial charge in [0.25, 0.3) is 5.91 Å². The van der Waals surface area contributed by atoms with Crippen LogP contribution >= 0.6 is 0 Å². The molecular formula is C23H26F3N7O4. The smallest absolute Gasteiger partial charge is 0.393 e. The quantitative estimate of drug-likeness (QED) is 0.330. The normalized spacial score (nSPS) is 16.4. The first-order valence-electron chi connectivity index (χ1n) is 11.4. The zero-order valence-corrected chi connectivity index (χ0v) is 19.8. The van der Waals surface area contributed by atoms with Gasteiger partial charge >= 0.3 is 12.2 Å². The first-order valence-corrected chi connectivity index (χ1v) is 11.4. The second-order valence-corrected chi connectivity index (χ2v) is 8.87. The number of benzene rings is 1. The number of alkyl halides is 3. The highest BCUT2D eigenvalue weighted by Crippen LogP contribution is 2.38. The molecule has 1 aliphatic rings. The number of piperidine rings is 1. The van der Waals surface area contributed by atoms with Gasteiger partial charge in [-0.2, -0.15) is 22.8 Å². The minimum absolute atomic E-state index is 0.0254. The Morgan fingerprint density at radius 3 is 2.38 bits per heavy atom. The minimum atomic E-state index is -5.10. The summed E-state index contributed by atoms with van der Waals surface area (Å²) in [6, 6.07) is 6.87. The predicted octanol–water partition coefficient (Wildman–Crippen LogP) is 1.67. The van der Waals surface area contributed by atoms with Gasteiger partial charge in [0.15, 0.2) is 5.65 Å². The second-order valence-electron chi connectivity index (χ2n) is 8.87. The lowest BCUT2D eigenvalue weighted by atomic mass is 9.93. The number of anilines is 2. The first-order chi connectivity index (χ1) is 17.4. The number of aliphatic hydroxyl groups is 2. The summed E-state index contributed by atoms with van der Waals surface area (Å²) in [4.78, 5) is 30.5. The van der Waals surface area contributed by atoms with Crippen LogP contribution in [0.25, 0.3) is 5.65 Å². The van der Waals surface area contributed by atoms with Crippen LogP contribution in [0.15, 0.2) is 36.4 Å². The van der Waals surface area contributed by atoms with Crippen LogP contribution in [-0.4, -0.2) is 68.7 Å². The Kier molecular flexibility index (Phi) is 6.97. The molecule has 0 unspecified atom stereocenters. The van der Waals surface area contributed by atoms with Gasteiger partial charge in [-0.1, -0.05) is 12.1 Å². The molecule has 4 rings (SSSR count). The third-order valence-corrected chi connectivity index (χ3v) is 6.26. The van der Waals surface area contributed by atoms with E-state index in [4.69, 9.17) is 10.8 Å². The van der Waals surface area contributed by atoms with Crippen molar-refractivity contribution >= 4 is 29.2 Å². The van der Waals surface area contributed by atoms with Crippen LogP contribution < -0.4 is 21.3 Å². The molecule has 14 heteroatoms. The van der Waals surface area contributed by atoms with Crippen LogP contribution in [0, 0.1) is 6.92 Å². The van der Waals surface area contributed by atoms with Crippen molar-refractivity contribution in [2.75, 3.05) is 29.9 Å². The topological polar surface area (TPSA) is 158 Å². The molecule has 3 amide bonds. The molecule has 3 aromatic rings. The van der Waals surface area contributed by atoms with Crippen LogP contribution in [-0.2, 0) is 5.60 Å². The molecule has 1 saturated heterocycles. The van der Waals surface area contributed by atoms with Gasteiger partial charge < -0.3 is 31.5 Å². The van der Waals surface area contributed by atoms with Gasteiger partial charge in [0.05, 0.1) is 12.3 Å². The molecule has 0 spiro atoms. The number of amides is 3. The molecule has 0 aliphatic carbocycles. The maximum absolute atomic E-state index is 13.2. The zero-order valence-electron chi connectivity index (χ0n) is 19.8. The minimum Gasteiger partial charge on any atom is -0.393 e. The van der Waals surface area contributed by atoms with Gasteiger partial charge in [-0.25, -0.2) is 9.78 Å². The number of carbonyl (C=O) groups is 2. The van der Waals surface area contributed by atoms with Gasteiger partial charge in [-0.3, -0.25) is 4.79 Å². The molecule has 0 bridgehead atoms. The molecule has 0 saturated carbocycles. The van der Waals surface area contributed by atoms with Crippen molar-refractivity contribution in [3.8, 4) is 0 Å². The molecule has 1 aromatic carbocycles. The standard InChI is InChI=1S/C23H26F3N7O4/c1-13-10-18-29-17(11-19(33(18)31-13)32-8-6-16(7-9-32)28-21(27)36)30-20(35)14-2-4-15(5-3-14)22(37,12-34)23(24,25)26/h2-5,10-11,16,34,37H,6-9,12H2,1H3,(H3,27,28,36)(H,29,30,35)/t22-/m0/s1. The molecule has 0 radical (unpaired) electrons. The number of nitrogens with zero attached hydrogens (tertiary/aromatic N) is 4. The second kappa shape index (κ2) is 9.86. The number of aliphatic hydroxyl groups excluding tert-OH is 1. The lowest BCUT2D eigenvalue weighted by Gasteiger charge is -2.33. The van der Waals surface area contributed by atoms with E-state index in [1.165, 1.54) is 0 Å². The van der Waals surface area contributed by atoms with E-state index in [1.54, 1.807) is 23.6 Å². The number of fused-ring (bicyclic) bond motifs is 1. The lowest BCUT2D eigenvalue weighted by molar-refractivity contribution is -0.277. The highest BCUT2D eigenvalue weighted by molar-refractivity contribution is 6.04. The summed E-state index contributed by atoms with van der Waals surface area (Å²) in [5, 5.41) is 28.8. The largest absolute Gasteiger partial charge is 0.423 e. The Bertz CT molecular complexity index is 1300. The van der Waals surface area contributed by atoms with Crippen LogP contribution in [0.4, 0.5) is 29.6 Å². The fourth-order valence-electron chi connectivity index (χ4n) is 4.25. The number of hydrogen-bond donors (Lipinski definition) is 5. The predicted molar refractivity (Wildman–Crippen MR) is 127 cm³/mol. The molecule has 1 fully saturated rings. The maximum atomic E-state index is 13.2. The molecule has 11 nitrogen and oxygen atoms in total. The molecular weight excluding hydrogens is 495 g/mol. The van der Waals surface area contributed by atoms with Gasteiger partial charge in [-0.15, -0.1) is 0 Å². The Labute approximate surface area is 209 Å². The molecule has 2 aromatic heterocycles. The zero-order chi connectivity index (χ0) is 27.0. The third-order valence-electron chi connectivity index (χ3n) is 6.26.